The zero-order chi connectivity index (χ0) is 15.6. The van der Waals surface area contributed by atoms with Gasteiger partial charge in [-0.25, -0.2) is 0 Å². The highest BCUT2D eigenvalue weighted by Crippen LogP contribution is 2.30. The summed E-state index contributed by atoms with van der Waals surface area (Å²) in [6.45, 7) is 7.84. The maximum absolute atomic E-state index is 11.3. The van der Waals surface area contributed by atoms with Crippen LogP contribution < -0.4 is 5.32 Å². The van der Waals surface area contributed by atoms with E-state index in [1.54, 1.807) is 0 Å². The Kier molecular flexibility index (Phi) is 4.68. The van der Waals surface area contributed by atoms with Gasteiger partial charge in [0.05, 0.1) is 6.04 Å². The molecule has 114 valence electrons. The molecule has 4 heteroatoms. The number of benzene rings is 1. The van der Waals surface area contributed by atoms with Crippen molar-refractivity contribution in [3.05, 3.63) is 35.6 Å². The van der Waals surface area contributed by atoms with Gasteiger partial charge in [0.15, 0.2) is 0 Å². The summed E-state index contributed by atoms with van der Waals surface area (Å²) in [6, 6.07) is 7.20. The molecular formula is C17H23NO3. The van der Waals surface area contributed by atoms with Gasteiger partial charge in [-0.15, -0.1) is 0 Å². The number of carbonyl (C=O) groups is 1. The van der Waals surface area contributed by atoms with E-state index in [4.69, 9.17) is 4.42 Å². The van der Waals surface area contributed by atoms with E-state index < -0.39 is 12.0 Å². The first-order chi connectivity index (χ1) is 9.95. The molecule has 2 rings (SSSR count). The van der Waals surface area contributed by atoms with Crippen molar-refractivity contribution < 1.29 is 14.3 Å². The van der Waals surface area contributed by atoms with Gasteiger partial charge in [0.2, 0.25) is 0 Å². The molecule has 0 bridgehead atoms. The van der Waals surface area contributed by atoms with Crippen molar-refractivity contribution >= 4 is 16.9 Å². The molecule has 2 aromatic rings. The van der Waals surface area contributed by atoms with Crippen LogP contribution in [0.15, 0.2) is 28.7 Å². The average Bonchev–Trinajstić information content (AvgIpc) is 2.82. The maximum Gasteiger partial charge on any atom is 0.320 e. The number of hydrogen-bond donors (Lipinski definition) is 2. The zero-order valence-corrected chi connectivity index (χ0v) is 13.0. The minimum Gasteiger partial charge on any atom is -0.480 e. The number of para-hydroxylation sites is 1. The minimum atomic E-state index is -0.828. The second kappa shape index (κ2) is 6.31. The van der Waals surface area contributed by atoms with Crippen LogP contribution in [0, 0.1) is 5.92 Å². The van der Waals surface area contributed by atoms with E-state index in [1.165, 1.54) is 0 Å². The molecule has 0 amide bonds. The third kappa shape index (κ3) is 3.10. The van der Waals surface area contributed by atoms with Gasteiger partial charge in [0.25, 0.3) is 0 Å². The van der Waals surface area contributed by atoms with Crippen LogP contribution in [-0.4, -0.2) is 17.1 Å². The molecule has 2 atom stereocenters. The van der Waals surface area contributed by atoms with E-state index >= 15 is 0 Å². The number of hydrogen-bond acceptors (Lipinski definition) is 3. The number of carboxylic acids is 1. The molecule has 0 saturated heterocycles. The predicted molar refractivity (Wildman–Crippen MR) is 83.4 cm³/mol. The molecule has 0 aliphatic rings. The smallest absolute Gasteiger partial charge is 0.320 e. The van der Waals surface area contributed by atoms with E-state index in [9.17, 15) is 9.90 Å². The fourth-order valence-electron chi connectivity index (χ4n) is 2.73. The zero-order valence-electron chi connectivity index (χ0n) is 13.0. The van der Waals surface area contributed by atoms with Crippen molar-refractivity contribution in [3.63, 3.8) is 0 Å². The Morgan fingerprint density at radius 3 is 2.52 bits per heavy atom. The third-order valence-electron chi connectivity index (χ3n) is 3.84. The standard InChI is InChI=1S/C17H23NO3/c1-5-12-13-8-6-7-9-14(13)21-16(12)11(4)18-15(10(2)3)17(19)20/h6-11,15,18H,5H2,1-4H3,(H,19,20). The summed E-state index contributed by atoms with van der Waals surface area (Å²) in [4.78, 5) is 11.3. The Balaban J connectivity index is 2.34. The molecule has 2 N–H and O–H groups in total. The fraction of sp³-hybridized carbons (Fsp3) is 0.471. The van der Waals surface area contributed by atoms with Crippen LogP contribution in [0.2, 0.25) is 0 Å². The fourth-order valence-corrected chi connectivity index (χ4v) is 2.73. The van der Waals surface area contributed by atoms with Gasteiger partial charge >= 0.3 is 5.97 Å². The Bertz CT molecular complexity index is 630. The number of furan rings is 1. The first-order valence-corrected chi connectivity index (χ1v) is 7.44. The molecule has 0 fully saturated rings. The van der Waals surface area contributed by atoms with E-state index in [-0.39, 0.29) is 12.0 Å². The predicted octanol–water partition coefficient (Wildman–Crippen LogP) is 3.76. The highest BCUT2D eigenvalue weighted by molar-refractivity contribution is 5.82. The van der Waals surface area contributed by atoms with Crippen molar-refractivity contribution in [2.45, 2.75) is 46.2 Å². The molecule has 0 saturated carbocycles. The number of nitrogens with one attached hydrogen (secondary N) is 1. The first-order valence-electron chi connectivity index (χ1n) is 7.44. The van der Waals surface area contributed by atoms with E-state index in [1.807, 2.05) is 45.0 Å². The van der Waals surface area contributed by atoms with Crippen molar-refractivity contribution in [2.24, 2.45) is 5.92 Å². The van der Waals surface area contributed by atoms with Crippen molar-refractivity contribution in [2.75, 3.05) is 0 Å². The molecular weight excluding hydrogens is 266 g/mol. The second-order valence-electron chi connectivity index (χ2n) is 5.74. The van der Waals surface area contributed by atoms with Gasteiger partial charge in [-0.2, -0.15) is 0 Å². The van der Waals surface area contributed by atoms with Crippen LogP contribution in [-0.2, 0) is 11.2 Å². The topological polar surface area (TPSA) is 62.5 Å². The highest BCUT2D eigenvalue weighted by Gasteiger charge is 2.26. The maximum atomic E-state index is 11.3. The number of aryl methyl sites for hydroxylation is 1. The molecule has 21 heavy (non-hydrogen) atoms. The van der Waals surface area contributed by atoms with Crippen LogP contribution in [0.4, 0.5) is 0 Å². The summed E-state index contributed by atoms with van der Waals surface area (Å²) in [5.41, 5.74) is 2.01. The normalized spacial score (nSPS) is 14.5. The minimum absolute atomic E-state index is 0.0133. The van der Waals surface area contributed by atoms with Crippen molar-refractivity contribution in [1.82, 2.24) is 5.32 Å². The molecule has 2 unspecified atom stereocenters. The van der Waals surface area contributed by atoms with Crippen LogP contribution in [0.3, 0.4) is 0 Å². The lowest BCUT2D eigenvalue weighted by Crippen LogP contribution is -2.42. The average molecular weight is 289 g/mol. The molecule has 1 aromatic heterocycles. The summed E-state index contributed by atoms with van der Waals surface area (Å²) in [6.07, 6.45) is 0.859. The van der Waals surface area contributed by atoms with Crippen molar-refractivity contribution in [1.29, 1.82) is 0 Å². The van der Waals surface area contributed by atoms with Gasteiger partial charge in [-0.1, -0.05) is 39.0 Å². The summed E-state index contributed by atoms with van der Waals surface area (Å²) in [7, 11) is 0. The van der Waals surface area contributed by atoms with Gasteiger partial charge < -0.3 is 9.52 Å². The van der Waals surface area contributed by atoms with Crippen LogP contribution in [0.1, 0.15) is 45.1 Å². The molecule has 0 aliphatic heterocycles. The Morgan fingerprint density at radius 1 is 1.29 bits per heavy atom. The lowest BCUT2D eigenvalue weighted by atomic mass is 10.0. The Hall–Kier alpha value is -1.81. The van der Waals surface area contributed by atoms with Crippen LogP contribution in [0.25, 0.3) is 11.0 Å². The summed E-state index contributed by atoms with van der Waals surface area (Å²) in [5.74, 6) is 0.0241. The monoisotopic (exact) mass is 289 g/mol. The van der Waals surface area contributed by atoms with E-state index in [2.05, 4.69) is 12.2 Å². The molecule has 1 heterocycles. The molecule has 4 nitrogen and oxygen atoms in total. The lowest BCUT2D eigenvalue weighted by molar-refractivity contribution is -0.140. The summed E-state index contributed by atoms with van der Waals surface area (Å²) in [5, 5.41) is 13.6. The van der Waals surface area contributed by atoms with E-state index in [0.717, 1.165) is 28.7 Å². The van der Waals surface area contributed by atoms with Gasteiger partial charge in [0.1, 0.15) is 17.4 Å². The first kappa shape index (κ1) is 15.6. The second-order valence-corrected chi connectivity index (χ2v) is 5.74. The van der Waals surface area contributed by atoms with Crippen molar-refractivity contribution in [3.8, 4) is 0 Å². The largest absolute Gasteiger partial charge is 0.480 e. The van der Waals surface area contributed by atoms with Gasteiger partial charge in [-0.3, -0.25) is 10.1 Å². The number of fused-ring (bicyclic) bond motifs is 1. The van der Waals surface area contributed by atoms with Gasteiger partial charge in [-0.05, 0) is 25.3 Å². The number of rotatable bonds is 6. The molecule has 0 radical (unpaired) electrons. The Morgan fingerprint density at radius 2 is 1.95 bits per heavy atom. The summed E-state index contributed by atoms with van der Waals surface area (Å²) < 4.78 is 5.96. The summed E-state index contributed by atoms with van der Waals surface area (Å²) >= 11 is 0. The third-order valence-corrected chi connectivity index (χ3v) is 3.84. The van der Waals surface area contributed by atoms with Gasteiger partial charge in [0, 0.05) is 10.9 Å². The molecule has 1 aromatic carbocycles. The van der Waals surface area contributed by atoms with Crippen LogP contribution >= 0.6 is 0 Å². The number of aliphatic carboxylic acids is 1. The molecule has 0 spiro atoms. The van der Waals surface area contributed by atoms with Crippen LogP contribution in [0.5, 0.6) is 0 Å². The quantitative estimate of drug-likeness (QED) is 0.850. The highest BCUT2D eigenvalue weighted by atomic mass is 16.4. The molecule has 0 aliphatic carbocycles. The SMILES string of the molecule is CCc1c(C(C)NC(C(=O)O)C(C)C)oc2ccccc12. The van der Waals surface area contributed by atoms with E-state index in [0.29, 0.717) is 0 Å². The number of carboxylic acid groups (broad SMARTS) is 1. The Labute approximate surface area is 125 Å². The lowest BCUT2D eigenvalue weighted by Gasteiger charge is -2.22.